The zero-order valence-electron chi connectivity index (χ0n) is 18.1. The first-order chi connectivity index (χ1) is 14.3. The summed E-state index contributed by atoms with van der Waals surface area (Å²) in [5.41, 5.74) is 6.78. The number of thioether (sulfide) groups is 1. The van der Waals surface area contributed by atoms with Crippen LogP contribution in [0.15, 0.2) is 41.4 Å². The van der Waals surface area contributed by atoms with Crippen molar-refractivity contribution in [3.8, 4) is 0 Å². The maximum Gasteiger partial charge on any atom is 0.234 e. The van der Waals surface area contributed by atoms with Crippen LogP contribution >= 0.6 is 11.8 Å². The molecule has 5 nitrogen and oxygen atoms in total. The van der Waals surface area contributed by atoms with Crippen LogP contribution < -0.4 is 10.6 Å². The van der Waals surface area contributed by atoms with E-state index < -0.39 is 0 Å². The van der Waals surface area contributed by atoms with Crippen molar-refractivity contribution in [2.24, 2.45) is 0 Å². The standard InChI is InChI=1S/C24H27N3O2S/c1-6-21(28)26-20-8-7-19(12-15(20)3)25-22(29)13-30-24-17(5)11-18-10-14(2)9-16(4)23(18)27-24/h7-12H,6,13H2,1-5H3,(H,25,29)(H,26,28). The van der Waals surface area contributed by atoms with Crippen LogP contribution in [-0.4, -0.2) is 22.6 Å². The number of benzene rings is 2. The number of carbonyl (C=O) groups excluding carboxylic acids is 2. The van der Waals surface area contributed by atoms with Crippen molar-refractivity contribution in [1.29, 1.82) is 0 Å². The van der Waals surface area contributed by atoms with Gasteiger partial charge < -0.3 is 10.6 Å². The number of aryl methyl sites for hydroxylation is 4. The largest absolute Gasteiger partial charge is 0.326 e. The Morgan fingerprint density at radius 2 is 1.67 bits per heavy atom. The summed E-state index contributed by atoms with van der Waals surface area (Å²) < 4.78 is 0. The quantitative estimate of drug-likeness (QED) is 0.512. The van der Waals surface area contributed by atoms with E-state index in [1.54, 1.807) is 6.07 Å². The molecule has 0 atom stereocenters. The molecule has 2 N–H and O–H groups in total. The molecule has 2 aromatic carbocycles. The highest BCUT2D eigenvalue weighted by Crippen LogP contribution is 2.27. The van der Waals surface area contributed by atoms with Crippen LogP contribution in [0, 0.1) is 27.7 Å². The predicted octanol–water partition coefficient (Wildman–Crippen LogP) is 5.55. The molecule has 0 aliphatic rings. The molecule has 0 bridgehead atoms. The van der Waals surface area contributed by atoms with Gasteiger partial charge in [0.2, 0.25) is 11.8 Å². The molecule has 0 unspecified atom stereocenters. The molecule has 1 aromatic heterocycles. The Balaban J connectivity index is 1.67. The van der Waals surface area contributed by atoms with Crippen LogP contribution in [0.25, 0.3) is 10.9 Å². The Morgan fingerprint density at radius 3 is 2.37 bits per heavy atom. The highest BCUT2D eigenvalue weighted by molar-refractivity contribution is 8.00. The highest BCUT2D eigenvalue weighted by atomic mass is 32.2. The van der Waals surface area contributed by atoms with Gasteiger partial charge in [0, 0.05) is 23.2 Å². The smallest absolute Gasteiger partial charge is 0.234 e. The molecule has 2 amide bonds. The molecule has 0 radical (unpaired) electrons. The van der Waals surface area contributed by atoms with E-state index >= 15 is 0 Å². The third-order valence-electron chi connectivity index (χ3n) is 4.84. The zero-order chi connectivity index (χ0) is 21.8. The fraction of sp³-hybridized carbons (Fsp3) is 0.292. The van der Waals surface area contributed by atoms with E-state index in [2.05, 4.69) is 42.7 Å². The number of pyridine rings is 1. The first-order valence-corrected chi connectivity index (χ1v) is 11.0. The maximum absolute atomic E-state index is 12.5. The van der Waals surface area contributed by atoms with Gasteiger partial charge in [-0.15, -0.1) is 0 Å². The molecule has 0 fully saturated rings. The molecule has 3 aromatic rings. The second kappa shape index (κ2) is 9.30. The van der Waals surface area contributed by atoms with Gasteiger partial charge in [0.05, 0.1) is 11.3 Å². The Kier molecular flexibility index (Phi) is 6.77. The second-order valence-corrected chi connectivity index (χ2v) is 8.50. The van der Waals surface area contributed by atoms with Crippen molar-refractivity contribution in [1.82, 2.24) is 4.98 Å². The van der Waals surface area contributed by atoms with Crippen LogP contribution in [0.3, 0.4) is 0 Å². The topological polar surface area (TPSA) is 71.1 Å². The third-order valence-corrected chi connectivity index (χ3v) is 5.94. The van der Waals surface area contributed by atoms with Crippen LogP contribution in [0.5, 0.6) is 0 Å². The summed E-state index contributed by atoms with van der Waals surface area (Å²) in [5, 5.41) is 7.78. The minimum Gasteiger partial charge on any atom is -0.326 e. The summed E-state index contributed by atoms with van der Waals surface area (Å²) in [6.07, 6.45) is 0.427. The van der Waals surface area contributed by atoms with E-state index in [4.69, 9.17) is 4.98 Å². The number of fused-ring (bicyclic) bond motifs is 1. The maximum atomic E-state index is 12.5. The fourth-order valence-electron chi connectivity index (χ4n) is 3.34. The molecule has 0 saturated carbocycles. The molecule has 1 heterocycles. The molecule has 0 aliphatic carbocycles. The van der Waals surface area contributed by atoms with E-state index in [1.807, 2.05) is 32.9 Å². The minimum atomic E-state index is -0.0910. The number of nitrogens with one attached hydrogen (secondary N) is 2. The summed E-state index contributed by atoms with van der Waals surface area (Å²) in [6.45, 7) is 9.89. The number of anilines is 2. The van der Waals surface area contributed by atoms with Crippen molar-refractivity contribution in [3.05, 3.63) is 58.7 Å². The fourth-order valence-corrected chi connectivity index (χ4v) is 4.12. The van der Waals surface area contributed by atoms with Crippen LogP contribution in [0.4, 0.5) is 11.4 Å². The van der Waals surface area contributed by atoms with Crippen molar-refractivity contribution < 1.29 is 9.59 Å². The number of hydrogen-bond donors (Lipinski definition) is 2. The van der Waals surface area contributed by atoms with E-state index in [0.29, 0.717) is 12.1 Å². The predicted molar refractivity (Wildman–Crippen MR) is 125 cm³/mol. The highest BCUT2D eigenvalue weighted by Gasteiger charge is 2.11. The lowest BCUT2D eigenvalue weighted by Gasteiger charge is -2.12. The van der Waals surface area contributed by atoms with Crippen molar-refractivity contribution in [2.75, 3.05) is 16.4 Å². The molecule has 0 aliphatic heterocycles. The van der Waals surface area contributed by atoms with Gasteiger partial charge in [0.1, 0.15) is 5.03 Å². The number of nitrogens with zero attached hydrogens (tertiary/aromatic N) is 1. The van der Waals surface area contributed by atoms with Gasteiger partial charge >= 0.3 is 0 Å². The lowest BCUT2D eigenvalue weighted by atomic mass is 10.1. The average molecular weight is 422 g/mol. The molecule has 156 valence electrons. The van der Waals surface area contributed by atoms with Crippen molar-refractivity contribution in [2.45, 2.75) is 46.1 Å². The number of amides is 2. The monoisotopic (exact) mass is 421 g/mol. The Labute approximate surface area is 181 Å². The Bertz CT molecular complexity index is 1130. The number of carbonyl (C=O) groups is 2. The number of hydrogen-bond acceptors (Lipinski definition) is 4. The van der Waals surface area contributed by atoms with Gasteiger partial charge in [-0.25, -0.2) is 4.98 Å². The minimum absolute atomic E-state index is 0.0325. The van der Waals surface area contributed by atoms with E-state index in [1.165, 1.54) is 17.3 Å². The number of rotatable bonds is 6. The molecule has 0 saturated heterocycles. The van der Waals surface area contributed by atoms with Gasteiger partial charge in [-0.1, -0.05) is 30.3 Å². The molecule has 3 rings (SSSR count). The van der Waals surface area contributed by atoms with E-state index in [9.17, 15) is 9.59 Å². The first-order valence-electron chi connectivity index (χ1n) is 9.98. The molecular weight excluding hydrogens is 394 g/mol. The average Bonchev–Trinajstić information content (AvgIpc) is 2.68. The van der Waals surface area contributed by atoms with E-state index in [0.717, 1.165) is 38.3 Å². The van der Waals surface area contributed by atoms with E-state index in [-0.39, 0.29) is 17.6 Å². The lowest BCUT2D eigenvalue weighted by molar-refractivity contribution is -0.116. The Hall–Kier alpha value is -2.86. The number of aromatic nitrogens is 1. The summed E-state index contributed by atoms with van der Waals surface area (Å²) in [6, 6.07) is 11.9. The Morgan fingerprint density at radius 1 is 0.900 bits per heavy atom. The lowest BCUT2D eigenvalue weighted by Crippen LogP contribution is -2.15. The molecule has 6 heteroatoms. The van der Waals surface area contributed by atoms with Gasteiger partial charge in [0.15, 0.2) is 0 Å². The van der Waals surface area contributed by atoms with Crippen LogP contribution in [-0.2, 0) is 9.59 Å². The summed E-state index contributed by atoms with van der Waals surface area (Å²) >= 11 is 1.44. The molecule has 0 spiro atoms. The van der Waals surface area contributed by atoms with Crippen molar-refractivity contribution in [3.63, 3.8) is 0 Å². The third kappa shape index (κ3) is 5.19. The summed E-state index contributed by atoms with van der Waals surface area (Å²) in [7, 11) is 0. The van der Waals surface area contributed by atoms with Crippen LogP contribution in [0.2, 0.25) is 0 Å². The first kappa shape index (κ1) is 21.8. The summed E-state index contributed by atoms with van der Waals surface area (Å²) in [4.78, 5) is 28.8. The SMILES string of the molecule is CCC(=O)Nc1ccc(NC(=O)CSc2nc3c(C)cc(C)cc3cc2C)cc1C. The van der Waals surface area contributed by atoms with Gasteiger partial charge in [-0.3, -0.25) is 9.59 Å². The normalized spacial score (nSPS) is 10.8. The van der Waals surface area contributed by atoms with Crippen molar-refractivity contribution >= 4 is 45.9 Å². The van der Waals surface area contributed by atoms with Crippen LogP contribution in [0.1, 0.15) is 35.6 Å². The second-order valence-electron chi connectivity index (χ2n) is 7.53. The molecular formula is C24H27N3O2S. The van der Waals surface area contributed by atoms with Gasteiger partial charge in [0.25, 0.3) is 0 Å². The zero-order valence-corrected chi connectivity index (χ0v) is 18.9. The molecule has 30 heavy (non-hydrogen) atoms. The van der Waals surface area contributed by atoms with Gasteiger partial charge in [-0.05, 0) is 74.7 Å². The summed E-state index contributed by atoms with van der Waals surface area (Å²) in [5.74, 6) is 0.152. The van der Waals surface area contributed by atoms with Gasteiger partial charge in [-0.2, -0.15) is 0 Å².